The molecule has 1 heterocycles. The van der Waals surface area contributed by atoms with E-state index < -0.39 is 0 Å². The Balaban J connectivity index is 2.99. The number of anilines is 1. The highest BCUT2D eigenvalue weighted by Gasteiger charge is 2.21. The van der Waals surface area contributed by atoms with Crippen molar-refractivity contribution in [1.82, 2.24) is 9.78 Å². The minimum atomic E-state index is -0.293. The second-order valence-corrected chi connectivity index (χ2v) is 5.16. The quantitative estimate of drug-likeness (QED) is 0.837. The summed E-state index contributed by atoms with van der Waals surface area (Å²) < 4.78 is 6.24. The van der Waals surface area contributed by atoms with Gasteiger partial charge in [-0.2, -0.15) is 5.10 Å². The molecule has 1 N–H and O–H groups in total. The van der Waals surface area contributed by atoms with Crippen LogP contribution in [0.2, 0.25) is 5.02 Å². The van der Waals surface area contributed by atoms with Gasteiger partial charge in [0, 0.05) is 12.6 Å². The molecule has 0 saturated carbocycles. The van der Waals surface area contributed by atoms with Crippen molar-refractivity contribution in [1.29, 1.82) is 0 Å². The number of ether oxygens (including phenoxy) is 1. The van der Waals surface area contributed by atoms with Crippen molar-refractivity contribution in [3.8, 4) is 0 Å². The molecule has 0 saturated heterocycles. The SMILES string of the molecule is CCC(C)(CC)Nc1cnn(CCOC)c(=O)c1Cl. The lowest BCUT2D eigenvalue weighted by molar-refractivity contribution is 0.182. The Bertz CT molecular complexity index is 469. The molecule has 1 aromatic heterocycles. The fraction of sp³-hybridized carbons (Fsp3) is 0.692. The largest absolute Gasteiger partial charge is 0.383 e. The Morgan fingerprint density at radius 1 is 1.47 bits per heavy atom. The molecular weight excluding hydrogens is 266 g/mol. The maximum absolute atomic E-state index is 12.0. The molecule has 0 aliphatic rings. The molecule has 6 heteroatoms. The molecule has 0 aliphatic heterocycles. The zero-order valence-electron chi connectivity index (χ0n) is 12.0. The number of hydrogen-bond donors (Lipinski definition) is 1. The summed E-state index contributed by atoms with van der Waals surface area (Å²) in [6.07, 6.45) is 3.47. The van der Waals surface area contributed by atoms with E-state index in [2.05, 4.69) is 31.2 Å². The monoisotopic (exact) mass is 287 g/mol. The molecule has 0 amide bonds. The van der Waals surface area contributed by atoms with Crippen LogP contribution in [0.15, 0.2) is 11.0 Å². The predicted molar refractivity (Wildman–Crippen MR) is 78.0 cm³/mol. The van der Waals surface area contributed by atoms with Crippen molar-refractivity contribution in [2.45, 2.75) is 45.7 Å². The summed E-state index contributed by atoms with van der Waals surface area (Å²) >= 11 is 6.12. The maximum Gasteiger partial charge on any atom is 0.287 e. The first-order valence-corrected chi connectivity index (χ1v) is 6.88. The smallest absolute Gasteiger partial charge is 0.287 e. The minimum Gasteiger partial charge on any atom is -0.383 e. The van der Waals surface area contributed by atoms with Crippen molar-refractivity contribution in [3.05, 3.63) is 21.6 Å². The Kier molecular flexibility index (Phi) is 5.82. The third-order valence-corrected chi connectivity index (χ3v) is 3.85. The van der Waals surface area contributed by atoms with Gasteiger partial charge in [-0.05, 0) is 19.8 Å². The standard InChI is InChI=1S/C13H22ClN3O2/c1-5-13(3,6-2)16-10-9-15-17(7-8-19-4)12(18)11(10)14/h9,16H,5-8H2,1-4H3. The maximum atomic E-state index is 12.0. The lowest BCUT2D eigenvalue weighted by Crippen LogP contribution is -2.35. The van der Waals surface area contributed by atoms with Crippen molar-refractivity contribution in [2.75, 3.05) is 19.0 Å². The molecule has 5 nitrogen and oxygen atoms in total. The van der Waals surface area contributed by atoms with Gasteiger partial charge in [-0.3, -0.25) is 4.79 Å². The van der Waals surface area contributed by atoms with Gasteiger partial charge < -0.3 is 10.1 Å². The second-order valence-electron chi connectivity index (χ2n) is 4.79. The lowest BCUT2D eigenvalue weighted by atomic mass is 9.95. The summed E-state index contributed by atoms with van der Waals surface area (Å²) in [5.74, 6) is 0. The topological polar surface area (TPSA) is 56.1 Å². The first-order chi connectivity index (χ1) is 8.97. The van der Waals surface area contributed by atoms with Crippen molar-refractivity contribution in [2.24, 2.45) is 0 Å². The van der Waals surface area contributed by atoms with Crippen LogP contribution in [0.4, 0.5) is 5.69 Å². The summed E-state index contributed by atoms with van der Waals surface area (Å²) in [6.45, 7) is 7.11. The Labute approximate surface area is 118 Å². The summed E-state index contributed by atoms with van der Waals surface area (Å²) in [4.78, 5) is 12.0. The van der Waals surface area contributed by atoms with Crippen LogP contribution in [0.3, 0.4) is 0 Å². The Hall–Kier alpha value is -1.07. The first-order valence-electron chi connectivity index (χ1n) is 6.50. The van der Waals surface area contributed by atoms with E-state index in [4.69, 9.17) is 16.3 Å². The number of nitrogens with zero attached hydrogens (tertiary/aromatic N) is 2. The van der Waals surface area contributed by atoms with Crippen LogP contribution in [0.25, 0.3) is 0 Å². The number of aromatic nitrogens is 2. The number of halogens is 1. The average molecular weight is 288 g/mol. The van der Waals surface area contributed by atoms with Gasteiger partial charge in [0.15, 0.2) is 0 Å². The van der Waals surface area contributed by atoms with E-state index in [9.17, 15) is 4.79 Å². The molecule has 1 aromatic rings. The van der Waals surface area contributed by atoms with Gasteiger partial charge in [0.2, 0.25) is 0 Å². The third-order valence-electron chi connectivity index (χ3n) is 3.49. The van der Waals surface area contributed by atoms with E-state index in [1.54, 1.807) is 13.3 Å². The van der Waals surface area contributed by atoms with Crippen LogP contribution in [-0.2, 0) is 11.3 Å². The molecular formula is C13H22ClN3O2. The molecule has 1 rings (SSSR count). The van der Waals surface area contributed by atoms with E-state index in [1.807, 2.05) is 0 Å². The lowest BCUT2D eigenvalue weighted by Gasteiger charge is -2.29. The fourth-order valence-corrected chi connectivity index (χ4v) is 1.83. The van der Waals surface area contributed by atoms with Gasteiger partial charge in [-0.15, -0.1) is 0 Å². The zero-order valence-corrected chi connectivity index (χ0v) is 12.8. The van der Waals surface area contributed by atoms with Gasteiger partial charge in [0.25, 0.3) is 5.56 Å². The highest BCUT2D eigenvalue weighted by molar-refractivity contribution is 6.32. The highest BCUT2D eigenvalue weighted by Crippen LogP contribution is 2.24. The molecule has 108 valence electrons. The number of nitrogens with one attached hydrogen (secondary N) is 1. The summed E-state index contributed by atoms with van der Waals surface area (Å²) in [6, 6.07) is 0. The molecule has 0 unspecified atom stereocenters. The van der Waals surface area contributed by atoms with Crippen LogP contribution in [0.1, 0.15) is 33.6 Å². The van der Waals surface area contributed by atoms with Crippen molar-refractivity contribution >= 4 is 17.3 Å². The first kappa shape index (κ1) is 16.0. The van der Waals surface area contributed by atoms with Crippen LogP contribution in [0, 0.1) is 0 Å². The van der Waals surface area contributed by atoms with E-state index in [-0.39, 0.29) is 16.1 Å². The molecule has 0 spiro atoms. The Morgan fingerprint density at radius 2 is 2.11 bits per heavy atom. The molecule has 0 fully saturated rings. The molecule has 0 atom stereocenters. The number of rotatable bonds is 7. The second kappa shape index (κ2) is 6.91. The van der Waals surface area contributed by atoms with Crippen LogP contribution in [0.5, 0.6) is 0 Å². The third kappa shape index (κ3) is 3.94. The normalized spacial score (nSPS) is 11.6. The average Bonchev–Trinajstić information content (AvgIpc) is 2.43. The summed E-state index contributed by atoms with van der Waals surface area (Å²) in [5, 5.41) is 7.59. The molecule has 0 aliphatic carbocycles. The number of hydrogen-bond acceptors (Lipinski definition) is 4. The summed E-state index contributed by atoms with van der Waals surface area (Å²) in [7, 11) is 1.58. The minimum absolute atomic E-state index is 0.0868. The van der Waals surface area contributed by atoms with E-state index in [0.717, 1.165) is 12.8 Å². The van der Waals surface area contributed by atoms with Crippen molar-refractivity contribution in [3.63, 3.8) is 0 Å². The molecule has 0 aromatic carbocycles. The van der Waals surface area contributed by atoms with E-state index >= 15 is 0 Å². The van der Waals surface area contributed by atoms with Crippen LogP contribution < -0.4 is 10.9 Å². The van der Waals surface area contributed by atoms with Crippen LogP contribution >= 0.6 is 11.6 Å². The van der Waals surface area contributed by atoms with Gasteiger partial charge >= 0.3 is 0 Å². The number of methoxy groups -OCH3 is 1. The van der Waals surface area contributed by atoms with Crippen LogP contribution in [-0.4, -0.2) is 29.0 Å². The van der Waals surface area contributed by atoms with Gasteiger partial charge in [-0.25, -0.2) is 4.68 Å². The predicted octanol–water partition coefficient (Wildman–Crippen LogP) is 2.53. The molecule has 0 bridgehead atoms. The van der Waals surface area contributed by atoms with Gasteiger partial charge in [0.05, 0.1) is 25.0 Å². The molecule has 19 heavy (non-hydrogen) atoms. The highest BCUT2D eigenvalue weighted by atomic mass is 35.5. The zero-order chi connectivity index (χ0) is 14.5. The van der Waals surface area contributed by atoms with Gasteiger partial charge in [-0.1, -0.05) is 25.4 Å². The fourth-order valence-electron chi connectivity index (χ4n) is 1.64. The molecule has 0 radical (unpaired) electrons. The Morgan fingerprint density at radius 3 is 2.63 bits per heavy atom. The summed E-state index contributed by atoms with van der Waals surface area (Å²) in [5.41, 5.74) is 0.209. The van der Waals surface area contributed by atoms with E-state index in [0.29, 0.717) is 18.8 Å². The van der Waals surface area contributed by atoms with Gasteiger partial charge in [0.1, 0.15) is 5.02 Å². The van der Waals surface area contributed by atoms with E-state index in [1.165, 1.54) is 4.68 Å². The van der Waals surface area contributed by atoms with Crippen molar-refractivity contribution < 1.29 is 4.74 Å².